The number of carbonyl (C=O) groups excluding carboxylic acids is 1. The van der Waals surface area contributed by atoms with Crippen molar-refractivity contribution < 1.29 is 13.2 Å². The van der Waals surface area contributed by atoms with Crippen LogP contribution in [0.2, 0.25) is 0 Å². The van der Waals surface area contributed by atoms with Crippen molar-refractivity contribution in [3.05, 3.63) is 59.7 Å². The maximum Gasteiger partial charge on any atom is 0.240 e. The highest BCUT2D eigenvalue weighted by Gasteiger charge is 2.16. The van der Waals surface area contributed by atoms with Crippen LogP contribution >= 0.6 is 0 Å². The standard InChI is InChI=1S/C18H22N2O3S/c1-14-4-8-16(9-5-14)20(3)12-18(21)19-13-24(22,23)17-10-6-15(2)7-11-17/h4-11H,12-13H2,1-3H3,(H,19,21). The maximum atomic E-state index is 12.2. The molecule has 0 unspecified atom stereocenters. The third-order valence-electron chi connectivity index (χ3n) is 3.69. The van der Waals surface area contributed by atoms with Crippen LogP contribution in [0.15, 0.2) is 53.4 Å². The molecule has 0 aliphatic carbocycles. The van der Waals surface area contributed by atoms with Gasteiger partial charge in [0.15, 0.2) is 9.84 Å². The number of likely N-dealkylation sites (N-methyl/N-ethyl adjacent to an activating group) is 1. The molecule has 5 nitrogen and oxygen atoms in total. The summed E-state index contributed by atoms with van der Waals surface area (Å²) in [7, 11) is -1.74. The van der Waals surface area contributed by atoms with Crippen LogP contribution in [0.1, 0.15) is 11.1 Å². The number of hydrogen-bond acceptors (Lipinski definition) is 4. The van der Waals surface area contributed by atoms with E-state index in [1.54, 1.807) is 36.2 Å². The average Bonchev–Trinajstić information content (AvgIpc) is 2.54. The maximum absolute atomic E-state index is 12.2. The van der Waals surface area contributed by atoms with Crippen LogP contribution in [0.5, 0.6) is 0 Å². The number of amides is 1. The molecule has 0 heterocycles. The van der Waals surface area contributed by atoms with Crippen LogP contribution in [0.3, 0.4) is 0 Å². The fraction of sp³-hybridized carbons (Fsp3) is 0.278. The number of nitrogens with zero attached hydrogens (tertiary/aromatic N) is 1. The van der Waals surface area contributed by atoms with Gasteiger partial charge in [-0.3, -0.25) is 4.79 Å². The molecule has 2 aromatic carbocycles. The van der Waals surface area contributed by atoms with E-state index in [1.807, 2.05) is 38.1 Å². The summed E-state index contributed by atoms with van der Waals surface area (Å²) in [5, 5.41) is 2.48. The molecule has 0 saturated carbocycles. The summed E-state index contributed by atoms with van der Waals surface area (Å²) in [6.07, 6.45) is 0. The first-order valence-corrected chi connectivity index (χ1v) is 9.27. The van der Waals surface area contributed by atoms with Crippen LogP contribution in [0.4, 0.5) is 5.69 Å². The topological polar surface area (TPSA) is 66.5 Å². The van der Waals surface area contributed by atoms with Crippen molar-refractivity contribution in [2.75, 3.05) is 24.4 Å². The zero-order valence-corrected chi connectivity index (χ0v) is 14.9. The van der Waals surface area contributed by atoms with Crippen LogP contribution in [0.25, 0.3) is 0 Å². The number of carbonyl (C=O) groups is 1. The third kappa shape index (κ3) is 4.83. The summed E-state index contributed by atoms with van der Waals surface area (Å²) in [5.74, 6) is -0.745. The molecule has 2 aromatic rings. The highest BCUT2D eigenvalue weighted by atomic mass is 32.2. The Morgan fingerprint density at radius 2 is 1.46 bits per heavy atom. The van der Waals surface area contributed by atoms with Crippen molar-refractivity contribution in [1.29, 1.82) is 0 Å². The number of sulfone groups is 1. The van der Waals surface area contributed by atoms with Gasteiger partial charge < -0.3 is 10.2 Å². The molecule has 24 heavy (non-hydrogen) atoms. The summed E-state index contributed by atoms with van der Waals surface area (Å²) in [4.78, 5) is 14.0. The summed E-state index contributed by atoms with van der Waals surface area (Å²) < 4.78 is 24.4. The van der Waals surface area contributed by atoms with Gasteiger partial charge >= 0.3 is 0 Å². The van der Waals surface area contributed by atoms with Gasteiger partial charge in [-0.1, -0.05) is 35.4 Å². The molecule has 0 aliphatic heterocycles. The molecule has 0 aromatic heterocycles. The van der Waals surface area contributed by atoms with Crippen molar-refractivity contribution >= 4 is 21.4 Å². The lowest BCUT2D eigenvalue weighted by atomic mass is 10.2. The molecule has 6 heteroatoms. The Morgan fingerprint density at radius 3 is 2.00 bits per heavy atom. The minimum absolute atomic E-state index is 0.0898. The second kappa shape index (κ2) is 7.49. The van der Waals surface area contributed by atoms with E-state index in [2.05, 4.69) is 5.32 Å². The largest absolute Gasteiger partial charge is 0.365 e. The Balaban J connectivity index is 1.92. The molecular weight excluding hydrogens is 324 g/mol. The Kier molecular flexibility index (Phi) is 5.62. The fourth-order valence-corrected chi connectivity index (χ4v) is 3.23. The molecular formula is C18H22N2O3S. The van der Waals surface area contributed by atoms with Gasteiger partial charge in [0.25, 0.3) is 0 Å². The molecule has 0 aliphatic rings. The summed E-state index contributed by atoms with van der Waals surface area (Å²) in [5.41, 5.74) is 3.02. The number of hydrogen-bond donors (Lipinski definition) is 1. The van der Waals surface area contributed by atoms with E-state index in [1.165, 1.54) is 0 Å². The van der Waals surface area contributed by atoms with E-state index in [0.29, 0.717) is 0 Å². The van der Waals surface area contributed by atoms with Crippen LogP contribution < -0.4 is 10.2 Å². The van der Waals surface area contributed by atoms with Gasteiger partial charge in [-0.15, -0.1) is 0 Å². The summed E-state index contributed by atoms with van der Waals surface area (Å²) in [6, 6.07) is 14.3. The Labute approximate surface area is 143 Å². The molecule has 128 valence electrons. The van der Waals surface area contributed by atoms with Crippen molar-refractivity contribution in [2.45, 2.75) is 18.7 Å². The molecule has 1 N–H and O–H groups in total. The second-order valence-corrected chi connectivity index (χ2v) is 7.85. The molecule has 0 saturated heterocycles. The molecule has 2 rings (SSSR count). The number of aryl methyl sites for hydroxylation is 2. The zero-order chi connectivity index (χ0) is 17.7. The van der Waals surface area contributed by atoms with Gasteiger partial charge in [0.05, 0.1) is 11.4 Å². The highest BCUT2D eigenvalue weighted by molar-refractivity contribution is 7.91. The molecule has 0 radical (unpaired) electrons. The van der Waals surface area contributed by atoms with E-state index in [9.17, 15) is 13.2 Å². The Morgan fingerprint density at radius 1 is 0.958 bits per heavy atom. The lowest BCUT2D eigenvalue weighted by Gasteiger charge is -2.19. The van der Waals surface area contributed by atoms with Gasteiger partial charge in [0.2, 0.25) is 5.91 Å². The average molecular weight is 346 g/mol. The number of benzene rings is 2. The third-order valence-corrected chi connectivity index (χ3v) is 5.21. The highest BCUT2D eigenvalue weighted by Crippen LogP contribution is 2.13. The normalized spacial score (nSPS) is 11.1. The van der Waals surface area contributed by atoms with Gasteiger partial charge in [-0.05, 0) is 38.1 Å². The molecule has 0 fully saturated rings. The lowest BCUT2D eigenvalue weighted by Crippen LogP contribution is -2.37. The first-order chi connectivity index (χ1) is 11.3. The first-order valence-electron chi connectivity index (χ1n) is 7.62. The fourth-order valence-electron chi connectivity index (χ4n) is 2.17. The second-order valence-electron chi connectivity index (χ2n) is 5.86. The zero-order valence-electron chi connectivity index (χ0n) is 14.1. The molecule has 0 bridgehead atoms. The molecule has 0 spiro atoms. The summed E-state index contributed by atoms with van der Waals surface area (Å²) >= 11 is 0. The SMILES string of the molecule is Cc1ccc(N(C)CC(=O)NCS(=O)(=O)c2ccc(C)cc2)cc1. The Bertz CT molecular complexity index is 797. The van der Waals surface area contributed by atoms with Crippen molar-refractivity contribution in [1.82, 2.24) is 5.32 Å². The van der Waals surface area contributed by atoms with Gasteiger partial charge in [-0.25, -0.2) is 8.42 Å². The minimum atomic E-state index is -3.53. The van der Waals surface area contributed by atoms with E-state index in [0.717, 1.165) is 16.8 Å². The van der Waals surface area contributed by atoms with Crippen LogP contribution in [-0.2, 0) is 14.6 Å². The quantitative estimate of drug-likeness (QED) is 0.871. The summed E-state index contributed by atoms with van der Waals surface area (Å²) in [6.45, 7) is 3.97. The number of nitrogens with one attached hydrogen (secondary N) is 1. The van der Waals surface area contributed by atoms with Gasteiger partial charge in [0, 0.05) is 12.7 Å². The van der Waals surface area contributed by atoms with Gasteiger partial charge in [0.1, 0.15) is 5.88 Å². The minimum Gasteiger partial charge on any atom is -0.365 e. The van der Waals surface area contributed by atoms with Crippen molar-refractivity contribution in [3.8, 4) is 0 Å². The van der Waals surface area contributed by atoms with Crippen molar-refractivity contribution in [3.63, 3.8) is 0 Å². The predicted molar refractivity (Wildman–Crippen MR) is 95.8 cm³/mol. The van der Waals surface area contributed by atoms with E-state index in [-0.39, 0.29) is 17.3 Å². The van der Waals surface area contributed by atoms with E-state index < -0.39 is 15.7 Å². The molecule has 0 atom stereocenters. The molecule has 1 amide bonds. The van der Waals surface area contributed by atoms with E-state index in [4.69, 9.17) is 0 Å². The van der Waals surface area contributed by atoms with Gasteiger partial charge in [-0.2, -0.15) is 0 Å². The monoisotopic (exact) mass is 346 g/mol. The first kappa shape index (κ1) is 18.0. The van der Waals surface area contributed by atoms with Crippen LogP contribution in [-0.4, -0.2) is 33.8 Å². The predicted octanol–water partition coefficient (Wildman–Crippen LogP) is 2.29. The number of anilines is 1. The number of rotatable bonds is 6. The lowest BCUT2D eigenvalue weighted by molar-refractivity contribution is -0.119. The van der Waals surface area contributed by atoms with E-state index >= 15 is 0 Å². The van der Waals surface area contributed by atoms with Crippen molar-refractivity contribution in [2.24, 2.45) is 0 Å². The Hall–Kier alpha value is -2.34. The smallest absolute Gasteiger partial charge is 0.240 e. The van der Waals surface area contributed by atoms with Crippen LogP contribution in [0, 0.1) is 13.8 Å².